The van der Waals surface area contributed by atoms with Gasteiger partial charge in [-0.2, -0.15) is 4.98 Å². The molecule has 0 fully saturated rings. The molecule has 0 saturated carbocycles. The van der Waals surface area contributed by atoms with Crippen LogP contribution in [0, 0.1) is 18.6 Å². The normalized spacial score (nSPS) is 11.6. The van der Waals surface area contributed by atoms with Crippen LogP contribution in [-0.4, -0.2) is 18.6 Å². The smallest absolute Gasteiger partial charge is 0.277 e. The fraction of sp³-hybridized carbons (Fsp3) is 0.273. The van der Waals surface area contributed by atoms with E-state index in [9.17, 15) is 17.2 Å². The van der Waals surface area contributed by atoms with Gasteiger partial charge in [-0.3, -0.25) is 0 Å². The van der Waals surface area contributed by atoms with E-state index in [4.69, 9.17) is 4.52 Å². The van der Waals surface area contributed by atoms with E-state index in [1.54, 1.807) is 6.92 Å². The lowest BCUT2D eigenvalue weighted by atomic mass is 10.2. The van der Waals surface area contributed by atoms with Crippen LogP contribution in [0.5, 0.6) is 0 Å². The number of hydrogen-bond acceptors (Lipinski definition) is 5. The van der Waals surface area contributed by atoms with Crippen LogP contribution >= 0.6 is 0 Å². The minimum absolute atomic E-state index is 0.00859. The zero-order chi connectivity index (χ0) is 14.9. The molecule has 0 radical (unpaired) electrons. The number of sulfonamides is 1. The Kier molecular flexibility index (Phi) is 3.71. The van der Waals surface area contributed by atoms with Gasteiger partial charge in [0.2, 0.25) is 5.89 Å². The summed E-state index contributed by atoms with van der Waals surface area (Å²) in [7, 11) is -4.33. The predicted molar refractivity (Wildman–Crippen MR) is 65.6 cm³/mol. The third-order valence-electron chi connectivity index (χ3n) is 2.50. The zero-order valence-electron chi connectivity index (χ0n) is 10.6. The molecule has 0 aliphatic carbocycles. The van der Waals surface area contributed by atoms with Gasteiger partial charge in [0.15, 0.2) is 0 Å². The van der Waals surface area contributed by atoms with Crippen molar-refractivity contribution in [3.8, 4) is 0 Å². The standard InChI is InChI=1S/C11H11F2N3O3S/c1-3-10-14-11(15-19-10)16-20(17,18)9-5-7(12)6(2)4-8(9)13/h4-5H,3H2,1-2H3,(H,15,16). The molecule has 108 valence electrons. The van der Waals surface area contributed by atoms with E-state index in [-0.39, 0.29) is 17.4 Å². The van der Waals surface area contributed by atoms with Crippen molar-refractivity contribution >= 4 is 16.0 Å². The summed E-state index contributed by atoms with van der Waals surface area (Å²) >= 11 is 0. The van der Waals surface area contributed by atoms with Crippen molar-refractivity contribution in [3.05, 3.63) is 35.2 Å². The molecular formula is C11H11F2N3O3S. The summed E-state index contributed by atoms with van der Waals surface area (Å²) in [5.74, 6) is -2.00. The van der Waals surface area contributed by atoms with E-state index in [2.05, 4.69) is 10.1 Å². The zero-order valence-corrected chi connectivity index (χ0v) is 11.5. The molecule has 0 aliphatic rings. The molecule has 0 bridgehead atoms. The van der Waals surface area contributed by atoms with Gasteiger partial charge in [0, 0.05) is 6.42 Å². The Hall–Kier alpha value is -2.03. The highest BCUT2D eigenvalue weighted by atomic mass is 32.2. The Bertz CT molecular complexity index is 743. The summed E-state index contributed by atoms with van der Waals surface area (Å²) in [5.41, 5.74) is 0.00859. The van der Waals surface area contributed by atoms with Gasteiger partial charge >= 0.3 is 0 Å². The minimum Gasteiger partial charge on any atom is -0.337 e. The number of aryl methyl sites for hydroxylation is 2. The summed E-state index contributed by atoms with van der Waals surface area (Å²) in [6.45, 7) is 3.07. The Balaban J connectivity index is 2.37. The van der Waals surface area contributed by atoms with Crippen LogP contribution in [0.3, 0.4) is 0 Å². The second-order valence-electron chi connectivity index (χ2n) is 4.00. The maximum Gasteiger partial charge on any atom is 0.277 e. The molecule has 1 heterocycles. The number of hydrogen-bond donors (Lipinski definition) is 1. The summed E-state index contributed by atoms with van der Waals surface area (Å²) in [4.78, 5) is 2.91. The maximum absolute atomic E-state index is 13.7. The van der Waals surface area contributed by atoms with Gasteiger partial charge in [0.25, 0.3) is 16.0 Å². The third kappa shape index (κ3) is 2.77. The average Bonchev–Trinajstić information content (AvgIpc) is 2.80. The van der Waals surface area contributed by atoms with Crippen LogP contribution in [0.2, 0.25) is 0 Å². The number of halogens is 2. The van der Waals surface area contributed by atoms with Crippen LogP contribution in [0.1, 0.15) is 18.4 Å². The van der Waals surface area contributed by atoms with Gasteiger partial charge in [-0.1, -0.05) is 6.92 Å². The number of rotatable bonds is 4. The Morgan fingerprint density at radius 3 is 2.60 bits per heavy atom. The number of nitrogens with one attached hydrogen (secondary N) is 1. The van der Waals surface area contributed by atoms with Crippen molar-refractivity contribution in [2.24, 2.45) is 0 Å². The fourth-order valence-electron chi connectivity index (χ4n) is 1.45. The molecule has 9 heteroatoms. The summed E-state index contributed by atoms with van der Waals surface area (Å²) < 4.78 is 57.6. The summed E-state index contributed by atoms with van der Waals surface area (Å²) in [5, 5.41) is 3.37. The summed E-state index contributed by atoms with van der Waals surface area (Å²) in [6, 6.07) is 1.41. The predicted octanol–water partition coefficient (Wildman–Crippen LogP) is 2.02. The van der Waals surface area contributed by atoms with Crippen molar-refractivity contribution < 1.29 is 21.7 Å². The lowest BCUT2D eigenvalue weighted by Gasteiger charge is -2.06. The Morgan fingerprint density at radius 2 is 2.00 bits per heavy atom. The second-order valence-corrected chi connectivity index (χ2v) is 5.65. The molecule has 1 aromatic carbocycles. The molecule has 0 aliphatic heterocycles. The number of aromatic nitrogens is 2. The molecule has 1 aromatic heterocycles. The fourth-order valence-corrected chi connectivity index (χ4v) is 2.46. The highest BCUT2D eigenvalue weighted by molar-refractivity contribution is 7.92. The first-order chi connectivity index (χ1) is 9.33. The van der Waals surface area contributed by atoms with Crippen LogP contribution < -0.4 is 4.72 Å². The average molecular weight is 303 g/mol. The molecule has 2 aromatic rings. The van der Waals surface area contributed by atoms with Crippen LogP contribution in [0.15, 0.2) is 21.6 Å². The molecule has 0 atom stereocenters. The van der Waals surface area contributed by atoms with Gasteiger partial charge in [0.05, 0.1) is 0 Å². The largest absolute Gasteiger partial charge is 0.337 e. The molecule has 0 spiro atoms. The molecule has 6 nitrogen and oxygen atoms in total. The van der Waals surface area contributed by atoms with E-state index in [0.717, 1.165) is 6.07 Å². The highest BCUT2D eigenvalue weighted by Crippen LogP contribution is 2.20. The maximum atomic E-state index is 13.7. The molecule has 1 N–H and O–H groups in total. The van der Waals surface area contributed by atoms with Gasteiger partial charge < -0.3 is 4.52 Å². The van der Waals surface area contributed by atoms with E-state index >= 15 is 0 Å². The van der Waals surface area contributed by atoms with E-state index in [1.165, 1.54) is 6.92 Å². The molecule has 2 rings (SSSR count). The summed E-state index contributed by atoms with van der Waals surface area (Å²) in [6.07, 6.45) is 0.419. The van der Waals surface area contributed by atoms with Crippen molar-refractivity contribution in [1.82, 2.24) is 10.1 Å². The van der Waals surface area contributed by atoms with Crippen LogP contribution in [-0.2, 0) is 16.4 Å². The molecule has 0 saturated heterocycles. The van der Waals surface area contributed by atoms with Crippen molar-refractivity contribution in [1.29, 1.82) is 0 Å². The molecule has 20 heavy (non-hydrogen) atoms. The number of nitrogens with zero attached hydrogens (tertiary/aromatic N) is 2. The van der Waals surface area contributed by atoms with Crippen LogP contribution in [0.25, 0.3) is 0 Å². The number of benzene rings is 1. The van der Waals surface area contributed by atoms with Crippen molar-refractivity contribution in [2.45, 2.75) is 25.2 Å². The minimum atomic E-state index is -4.33. The SMILES string of the molecule is CCc1nc(NS(=O)(=O)c2cc(F)c(C)cc2F)no1. The Labute approximate surface area is 113 Å². The second kappa shape index (κ2) is 5.16. The van der Waals surface area contributed by atoms with E-state index in [0.29, 0.717) is 12.5 Å². The molecular weight excluding hydrogens is 292 g/mol. The lowest BCUT2D eigenvalue weighted by molar-refractivity contribution is 0.383. The molecule has 0 amide bonds. The number of anilines is 1. The van der Waals surface area contributed by atoms with Gasteiger partial charge in [-0.05, 0) is 29.8 Å². The quantitative estimate of drug-likeness (QED) is 0.934. The first kappa shape index (κ1) is 14.4. The van der Waals surface area contributed by atoms with Gasteiger partial charge in [-0.25, -0.2) is 21.9 Å². The third-order valence-corrected chi connectivity index (χ3v) is 3.84. The first-order valence-electron chi connectivity index (χ1n) is 5.64. The van der Waals surface area contributed by atoms with Crippen molar-refractivity contribution in [3.63, 3.8) is 0 Å². The topological polar surface area (TPSA) is 85.1 Å². The highest BCUT2D eigenvalue weighted by Gasteiger charge is 2.23. The van der Waals surface area contributed by atoms with Crippen LogP contribution in [0.4, 0.5) is 14.7 Å². The van der Waals surface area contributed by atoms with Gasteiger partial charge in [-0.15, -0.1) is 0 Å². The first-order valence-corrected chi connectivity index (χ1v) is 7.13. The molecule has 0 unspecified atom stereocenters. The monoisotopic (exact) mass is 303 g/mol. The Morgan fingerprint density at radius 1 is 1.30 bits per heavy atom. The van der Waals surface area contributed by atoms with E-state index in [1.807, 2.05) is 4.72 Å². The van der Waals surface area contributed by atoms with Gasteiger partial charge in [0.1, 0.15) is 16.5 Å². The van der Waals surface area contributed by atoms with Crippen molar-refractivity contribution in [2.75, 3.05) is 4.72 Å². The van der Waals surface area contributed by atoms with E-state index < -0.39 is 26.6 Å². The lowest BCUT2D eigenvalue weighted by Crippen LogP contribution is -2.16.